The van der Waals surface area contributed by atoms with Crippen molar-refractivity contribution < 1.29 is 28.5 Å². The van der Waals surface area contributed by atoms with Crippen molar-refractivity contribution in [1.29, 1.82) is 0 Å². The van der Waals surface area contributed by atoms with Crippen LogP contribution in [0.15, 0.2) is 55.8 Å². The van der Waals surface area contributed by atoms with Crippen molar-refractivity contribution >= 4 is 61.3 Å². The minimum absolute atomic E-state index is 0.188. The van der Waals surface area contributed by atoms with Gasteiger partial charge < -0.3 is 18.9 Å². The number of amides is 1. The van der Waals surface area contributed by atoms with Crippen LogP contribution in [0.25, 0.3) is 0 Å². The molecule has 0 spiro atoms. The van der Waals surface area contributed by atoms with E-state index in [2.05, 4.69) is 42.4 Å². The van der Waals surface area contributed by atoms with Crippen LogP contribution >= 0.6 is 43.2 Å². The first-order valence-corrected chi connectivity index (χ1v) is 11.7. The fourth-order valence-electron chi connectivity index (χ4n) is 2.76. The molecule has 2 aromatic carbocycles. The first-order valence-electron chi connectivity index (χ1n) is 9.26. The van der Waals surface area contributed by atoms with Crippen LogP contribution in [0.4, 0.5) is 0 Å². The number of hydrogen-bond acceptors (Lipinski definition) is 8. The SMILES string of the molecule is COc1cc(C(=O)Oc2c(Br)cc(Br)cc2/C=N\NC(=O)c2cccs2)cc(OC)c1OC. The normalized spacial score (nSPS) is 10.7. The van der Waals surface area contributed by atoms with Crippen molar-refractivity contribution in [1.82, 2.24) is 5.43 Å². The van der Waals surface area contributed by atoms with Gasteiger partial charge in [-0.2, -0.15) is 5.10 Å². The highest BCUT2D eigenvalue weighted by Crippen LogP contribution is 2.39. The van der Waals surface area contributed by atoms with Gasteiger partial charge in [0.05, 0.1) is 42.5 Å². The number of hydrogen-bond donors (Lipinski definition) is 1. The van der Waals surface area contributed by atoms with Crippen LogP contribution in [0.2, 0.25) is 0 Å². The first kappa shape index (κ1) is 24.7. The molecule has 0 unspecified atom stereocenters. The Morgan fingerprint density at radius 2 is 1.70 bits per heavy atom. The van der Waals surface area contributed by atoms with E-state index in [1.807, 2.05) is 0 Å². The zero-order valence-corrected chi connectivity index (χ0v) is 21.7. The smallest absolute Gasteiger partial charge is 0.343 e. The molecule has 0 aliphatic rings. The second kappa shape index (κ2) is 11.3. The highest BCUT2D eigenvalue weighted by Gasteiger charge is 2.20. The Kier molecular flexibility index (Phi) is 8.48. The Hall–Kier alpha value is -2.89. The highest BCUT2D eigenvalue weighted by atomic mass is 79.9. The standard InChI is InChI=1S/C22H18Br2N2O6S/c1-29-16-8-12(9-17(30-2)20(16)31-3)22(28)32-19-13(7-14(23)10-15(19)24)11-25-26-21(27)18-5-4-6-33-18/h4-11H,1-3H3,(H,26,27)/b25-11-. The molecule has 3 rings (SSSR count). The molecule has 0 saturated carbocycles. The third-order valence-electron chi connectivity index (χ3n) is 4.25. The number of thiophene rings is 1. The molecule has 0 aliphatic carbocycles. The van der Waals surface area contributed by atoms with Crippen LogP contribution in [-0.2, 0) is 0 Å². The van der Waals surface area contributed by atoms with E-state index in [1.165, 1.54) is 51.0 Å². The molecular formula is C22H18Br2N2O6S. The lowest BCUT2D eigenvalue weighted by atomic mass is 10.1. The van der Waals surface area contributed by atoms with Gasteiger partial charge in [0.1, 0.15) is 0 Å². The quantitative estimate of drug-likeness (QED) is 0.164. The average Bonchev–Trinajstić information content (AvgIpc) is 3.35. The Bertz CT molecular complexity index is 1170. The van der Waals surface area contributed by atoms with Gasteiger partial charge in [-0.25, -0.2) is 10.2 Å². The van der Waals surface area contributed by atoms with E-state index in [9.17, 15) is 9.59 Å². The van der Waals surface area contributed by atoms with Gasteiger partial charge >= 0.3 is 5.97 Å². The summed E-state index contributed by atoms with van der Waals surface area (Å²) in [7, 11) is 4.38. The Balaban J connectivity index is 1.88. The van der Waals surface area contributed by atoms with Crippen LogP contribution in [0, 0.1) is 0 Å². The minimum Gasteiger partial charge on any atom is -0.493 e. The molecule has 1 N–H and O–H groups in total. The molecule has 1 heterocycles. The monoisotopic (exact) mass is 596 g/mol. The van der Waals surface area contributed by atoms with Crippen LogP contribution < -0.4 is 24.4 Å². The molecule has 1 amide bonds. The molecule has 0 saturated heterocycles. The van der Waals surface area contributed by atoms with E-state index >= 15 is 0 Å². The number of methoxy groups -OCH3 is 3. The van der Waals surface area contributed by atoms with E-state index in [-0.39, 0.29) is 17.2 Å². The van der Waals surface area contributed by atoms with Crippen LogP contribution in [0.3, 0.4) is 0 Å². The Morgan fingerprint density at radius 3 is 2.27 bits per heavy atom. The number of halogens is 2. The second-order valence-electron chi connectivity index (χ2n) is 6.29. The Labute approximate surface area is 210 Å². The molecule has 172 valence electrons. The predicted molar refractivity (Wildman–Crippen MR) is 132 cm³/mol. The molecule has 0 radical (unpaired) electrons. The lowest BCUT2D eigenvalue weighted by molar-refractivity contribution is 0.0732. The molecule has 0 atom stereocenters. The van der Waals surface area contributed by atoms with Crippen LogP contribution in [-0.4, -0.2) is 39.4 Å². The minimum atomic E-state index is -0.658. The second-order valence-corrected chi connectivity index (χ2v) is 9.00. The lowest BCUT2D eigenvalue weighted by Gasteiger charge is -2.15. The van der Waals surface area contributed by atoms with Gasteiger partial charge in [-0.1, -0.05) is 22.0 Å². The van der Waals surface area contributed by atoms with Crippen molar-refractivity contribution in [2.45, 2.75) is 0 Å². The van der Waals surface area contributed by atoms with Gasteiger partial charge in [-0.15, -0.1) is 11.3 Å². The van der Waals surface area contributed by atoms with Crippen molar-refractivity contribution in [3.05, 3.63) is 66.7 Å². The maximum absolute atomic E-state index is 13.0. The number of nitrogens with zero attached hydrogens (tertiary/aromatic N) is 1. The fourth-order valence-corrected chi connectivity index (χ4v) is 4.71. The van der Waals surface area contributed by atoms with Crippen molar-refractivity contribution in [3.63, 3.8) is 0 Å². The summed E-state index contributed by atoms with van der Waals surface area (Å²) >= 11 is 8.11. The third kappa shape index (κ3) is 5.92. The highest BCUT2D eigenvalue weighted by molar-refractivity contribution is 9.11. The largest absolute Gasteiger partial charge is 0.493 e. The average molecular weight is 598 g/mol. The summed E-state index contributed by atoms with van der Waals surface area (Å²) in [5, 5.41) is 5.79. The summed E-state index contributed by atoms with van der Waals surface area (Å²) in [6.45, 7) is 0. The topological polar surface area (TPSA) is 95.5 Å². The van der Waals surface area contributed by atoms with Gasteiger partial charge in [0.2, 0.25) is 5.75 Å². The number of ether oxygens (including phenoxy) is 4. The Morgan fingerprint density at radius 1 is 1.00 bits per heavy atom. The maximum atomic E-state index is 13.0. The molecule has 0 bridgehead atoms. The number of carbonyl (C=O) groups excluding carboxylic acids is 2. The maximum Gasteiger partial charge on any atom is 0.343 e. The zero-order chi connectivity index (χ0) is 24.0. The van der Waals surface area contributed by atoms with Crippen molar-refractivity contribution in [2.24, 2.45) is 5.10 Å². The lowest BCUT2D eigenvalue weighted by Crippen LogP contribution is -2.16. The van der Waals surface area contributed by atoms with Crippen LogP contribution in [0.1, 0.15) is 25.6 Å². The molecule has 11 heteroatoms. The molecule has 0 fully saturated rings. The van der Waals surface area contributed by atoms with Crippen LogP contribution in [0.5, 0.6) is 23.0 Å². The number of benzene rings is 2. The summed E-state index contributed by atoms with van der Waals surface area (Å²) in [4.78, 5) is 25.6. The van der Waals surface area contributed by atoms with E-state index in [0.29, 0.717) is 36.6 Å². The molecule has 3 aromatic rings. The predicted octanol–water partition coefficient (Wildman–Crippen LogP) is 5.28. The van der Waals surface area contributed by atoms with E-state index < -0.39 is 5.97 Å². The third-order valence-corrected chi connectivity index (χ3v) is 6.16. The van der Waals surface area contributed by atoms with Crippen molar-refractivity contribution in [3.8, 4) is 23.0 Å². The zero-order valence-electron chi connectivity index (χ0n) is 17.7. The molecule has 0 aliphatic heterocycles. The van der Waals surface area contributed by atoms with E-state index in [1.54, 1.807) is 29.6 Å². The van der Waals surface area contributed by atoms with Gasteiger partial charge in [-0.05, 0) is 51.6 Å². The number of hydrazone groups is 1. The van der Waals surface area contributed by atoms with Gasteiger partial charge in [-0.3, -0.25) is 4.79 Å². The summed E-state index contributed by atoms with van der Waals surface area (Å²) in [6.07, 6.45) is 1.39. The number of carbonyl (C=O) groups is 2. The van der Waals surface area contributed by atoms with E-state index in [0.717, 1.165) is 0 Å². The van der Waals surface area contributed by atoms with Gasteiger partial charge in [0, 0.05) is 10.0 Å². The van der Waals surface area contributed by atoms with Crippen molar-refractivity contribution in [2.75, 3.05) is 21.3 Å². The first-order chi connectivity index (χ1) is 15.9. The number of nitrogens with one attached hydrogen (secondary N) is 1. The summed E-state index contributed by atoms with van der Waals surface area (Å²) < 4.78 is 22.8. The van der Waals surface area contributed by atoms with Gasteiger partial charge in [0.15, 0.2) is 17.2 Å². The van der Waals surface area contributed by atoms with E-state index in [4.69, 9.17) is 18.9 Å². The number of esters is 1. The molecule has 33 heavy (non-hydrogen) atoms. The summed E-state index contributed by atoms with van der Waals surface area (Å²) in [5.41, 5.74) is 3.09. The number of rotatable bonds is 8. The fraction of sp³-hybridized carbons (Fsp3) is 0.136. The van der Waals surface area contributed by atoms with Gasteiger partial charge in [0.25, 0.3) is 5.91 Å². The summed E-state index contributed by atoms with van der Waals surface area (Å²) in [6, 6.07) is 9.87. The molecule has 8 nitrogen and oxygen atoms in total. The summed E-state index contributed by atoms with van der Waals surface area (Å²) in [5.74, 6) is 0.205. The molecular weight excluding hydrogens is 580 g/mol. The molecule has 1 aromatic heterocycles.